The van der Waals surface area contributed by atoms with Crippen LogP contribution in [0.5, 0.6) is 11.5 Å². The van der Waals surface area contributed by atoms with Gasteiger partial charge in [-0.1, -0.05) is 6.07 Å². The molecule has 4 heterocycles. The number of amides is 2. The fraction of sp³-hybridized carbons (Fsp3) is 0.500. The number of ether oxygens (including phenoxy) is 3. The van der Waals surface area contributed by atoms with Crippen LogP contribution in [-0.2, 0) is 20.9 Å². The van der Waals surface area contributed by atoms with E-state index in [4.69, 9.17) is 14.2 Å². The van der Waals surface area contributed by atoms with Gasteiger partial charge in [0.25, 0.3) is 0 Å². The number of aromatic nitrogens is 2. The Morgan fingerprint density at radius 1 is 1.03 bits per heavy atom. The zero-order chi connectivity index (χ0) is 21.2. The van der Waals surface area contributed by atoms with Crippen LogP contribution in [0, 0.1) is 25.7 Å². The Morgan fingerprint density at radius 3 is 2.27 bits per heavy atom. The van der Waals surface area contributed by atoms with Gasteiger partial charge in [-0.3, -0.25) is 14.3 Å². The van der Waals surface area contributed by atoms with Crippen molar-refractivity contribution in [1.29, 1.82) is 0 Å². The molecule has 2 bridgehead atoms. The van der Waals surface area contributed by atoms with E-state index >= 15 is 0 Å². The lowest BCUT2D eigenvalue weighted by Gasteiger charge is -2.18. The second-order valence-electron chi connectivity index (χ2n) is 8.22. The number of hydrogen-bond acceptors (Lipinski definition) is 6. The van der Waals surface area contributed by atoms with Crippen molar-refractivity contribution in [2.75, 3.05) is 19.1 Å². The van der Waals surface area contributed by atoms with E-state index in [2.05, 4.69) is 5.10 Å². The van der Waals surface area contributed by atoms with Crippen molar-refractivity contribution in [2.45, 2.75) is 45.4 Å². The molecule has 3 fully saturated rings. The van der Waals surface area contributed by atoms with Crippen LogP contribution in [0.3, 0.4) is 0 Å². The van der Waals surface area contributed by atoms with E-state index in [0.717, 1.165) is 24.1 Å². The van der Waals surface area contributed by atoms with Gasteiger partial charge in [-0.2, -0.15) is 5.10 Å². The molecule has 0 radical (unpaired) electrons. The van der Waals surface area contributed by atoms with Crippen molar-refractivity contribution in [3.05, 3.63) is 35.2 Å². The monoisotopic (exact) mass is 411 g/mol. The molecule has 8 heteroatoms. The summed E-state index contributed by atoms with van der Waals surface area (Å²) in [5, 5.41) is 4.63. The van der Waals surface area contributed by atoms with Crippen LogP contribution in [0.4, 0.5) is 5.69 Å². The fourth-order valence-electron chi connectivity index (χ4n) is 5.25. The average Bonchev–Trinajstić information content (AvgIpc) is 3.47. The number of hydrogen-bond donors (Lipinski definition) is 0. The third kappa shape index (κ3) is 2.59. The molecule has 0 saturated carbocycles. The number of aryl methyl sites for hydroxylation is 1. The molecule has 3 saturated heterocycles. The Labute approximate surface area is 174 Å². The van der Waals surface area contributed by atoms with E-state index in [1.54, 1.807) is 14.2 Å². The Kier molecular flexibility index (Phi) is 4.36. The SMILES string of the molecule is COc1ccc(Cn2nc(C)c(N3C(=O)[C@@H]4[C@@H](C3=O)[C@H]3CC[C@@H]4O3)c2C)cc1OC. The van der Waals surface area contributed by atoms with Gasteiger partial charge in [-0.05, 0) is 44.4 Å². The molecule has 2 amide bonds. The fourth-order valence-corrected chi connectivity index (χ4v) is 5.25. The van der Waals surface area contributed by atoms with E-state index in [0.29, 0.717) is 29.4 Å². The molecular weight excluding hydrogens is 386 g/mol. The number of imide groups is 1. The molecule has 4 atom stereocenters. The smallest absolute Gasteiger partial charge is 0.240 e. The second-order valence-corrected chi connectivity index (χ2v) is 8.22. The third-order valence-electron chi connectivity index (χ3n) is 6.63. The predicted molar refractivity (Wildman–Crippen MR) is 108 cm³/mol. The van der Waals surface area contributed by atoms with Crippen LogP contribution < -0.4 is 14.4 Å². The Morgan fingerprint density at radius 2 is 1.67 bits per heavy atom. The summed E-state index contributed by atoms with van der Waals surface area (Å²) >= 11 is 0. The summed E-state index contributed by atoms with van der Waals surface area (Å²) in [4.78, 5) is 27.7. The highest BCUT2D eigenvalue weighted by Gasteiger charge is 2.63. The van der Waals surface area contributed by atoms with Crippen molar-refractivity contribution in [3.8, 4) is 11.5 Å². The van der Waals surface area contributed by atoms with Crippen molar-refractivity contribution in [1.82, 2.24) is 9.78 Å². The number of rotatable bonds is 5. The summed E-state index contributed by atoms with van der Waals surface area (Å²) < 4.78 is 18.3. The number of carbonyl (C=O) groups excluding carboxylic acids is 2. The molecule has 1 aromatic heterocycles. The largest absolute Gasteiger partial charge is 0.493 e. The number of fused-ring (bicyclic) bond motifs is 5. The van der Waals surface area contributed by atoms with Gasteiger partial charge in [0.1, 0.15) is 0 Å². The predicted octanol–water partition coefficient (Wildman–Crippen LogP) is 2.23. The number of anilines is 1. The Bertz CT molecular complexity index is 1020. The first kappa shape index (κ1) is 19.1. The highest BCUT2D eigenvalue weighted by atomic mass is 16.5. The van der Waals surface area contributed by atoms with E-state index < -0.39 is 0 Å². The van der Waals surface area contributed by atoms with E-state index in [9.17, 15) is 9.59 Å². The molecule has 30 heavy (non-hydrogen) atoms. The van der Waals surface area contributed by atoms with Crippen molar-refractivity contribution in [3.63, 3.8) is 0 Å². The lowest BCUT2D eigenvalue weighted by atomic mass is 9.81. The summed E-state index contributed by atoms with van der Waals surface area (Å²) in [6, 6.07) is 5.70. The molecular formula is C22H25N3O5. The van der Waals surface area contributed by atoms with Crippen LogP contribution >= 0.6 is 0 Å². The second kappa shape index (κ2) is 6.84. The maximum atomic E-state index is 13.2. The number of carbonyl (C=O) groups is 2. The first-order valence-corrected chi connectivity index (χ1v) is 10.2. The van der Waals surface area contributed by atoms with E-state index in [1.165, 1.54) is 4.90 Å². The molecule has 0 aliphatic carbocycles. The Hall–Kier alpha value is -2.87. The standard InChI is InChI=1S/C22H25N3O5/c1-11-20(25-21(26)18-15-7-8-16(30-15)19(18)22(25)27)12(2)24(23-11)10-13-5-6-14(28-3)17(9-13)29-4/h5-6,9,15-16,18-19H,7-8,10H2,1-4H3/t15-,16+,18-,19-/m0/s1. The van der Waals surface area contributed by atoms with Gasteiger partial charge in [-0.15, -0.1) is 0 Å². The van der Waals surface area contributed by atoms with Crippen LogP contribution in [0.25, 0.3) is 0 Å². The Balaban J connectivity index is 1.46. The van der Waals surface area contributed by atoms with Crippen LogP contribution in [-0.4, -0.2) is 48.0 Å². The van der Waals surface area contributed by atoms with Gasteiger partial charge >= 0.3 is 0 Å². The van der Waals surface area contributed by atoms with Gasteiger partial charge in [0.05, 0.1) is 61.9 Å². The van der Waals surface area contributed by atoms with Gasteiger partial charge < -0.3 is 14.2 Å². The first-order valence-electron chi connectivity index (χ1n) is 10.2. The highest BCUT2D eigenvalue weighted by molar-refractivity contribution is 6.23. The van der Waals surface area contributed by atoms with Crippen LogP contribution in [0.1, 0.15) is 29.8 Å². The molecule has 1 aromatic carbocycles. The summed E-state index contributed by atoms with van der Waals surface area (Å²) in [5.41, 5.74) is 3.05. The summed E-state index contributed by atoms with van der Waals surface area (Å²) in [6.07, 6.45) is 1.47. The molecule has 2 aromatic rings. The minimum absolute atomic E-state index is 0.121. The van der Waals surface area contributed by atoms with Crippen molar-refractivity contribution in [2.24, 2.45) is 11.8 Å². The lowest BCUT2D eigenvalue weighted by molar-refractivity contribution is -0.124. The quantitative estimate of drug-likeness (QED) is 0.702. The van der Waals surface area contributed by atoms with E-state index in [1.807, 2.05) is 36.7 Å². The number of nitrogens with zero attached hydrogens (tertiary/aromatic N) is 3. The first-order chi connectivity index (χ1) is 14.4. The normalized spacial score (nSPS) is 27.1. The third-order valence-corrected chi connectivity index (χ3v) is 6.63. The highest BCUT2D eigenvalue weighted by Crippen LogP contribution is 2.50. The molecule has 5 rings (SSSR count). The minimum Gasteiger partial charge on any atom is -0.493 e. The molecule has 0 N–H and O–H groups in total. The van der Waals surface area contributed by atoms with Gasteiger partial charge in [-0.25, -0.2) is 4.90 Å². The molecule has 0 spiro atoms. The van der Waals surface area contributed by atoms with Gasteiger partial charge in [0, 0.05) is 0 Å². The summed E-state index contributed by atoms with van der Waals surface area (Å²) in [6.45, 7) is 4.23. The molecule has 3 aliphatic rings. The van der Waals surface area contributed by atoms with E-state index in [-0.39, 0.29) is 35.9 Å². The average molecular weight is 411 g/mol. The maximum absolute atomic E-state index is 13.2. The zero-order valence-electron chi connectivity index (χ0n) is 17.5. The topological polar surface area (TPSA) is 82.9 Å². The summed E-state index contributed by atoms with van der Waals surface area (Å²) in [7, 11) is 3.20. The molecule has 8 nitrogen and oxygen atoms in total. The minimum atomic E-state index is -0.343. The van der Waals surface area contributed by atoms with Crippen molar-refractivity contribution < 1.29 is 23.8 Å². The zero-order valence-corrected chi connectivity index (χ0v) is 17.5. The number of methoxy groups -OCH3 is 2. The molecule has 0 unspecified atom stereocenters. The van der Waals surface area contributed by atoms with Crippen LogP contribution in [0.2, 0.25) is 0 Å². The van der Waals surface area contributed by atoms with Crippen molar-refractivity contribution >= 4 is 17.5 Å². The maximum Gasteiger partial charge on any atom is 0.240 e. The molecule has 3 aliphatic heterocycles. The van der Waals surface area contributed by atoms with Crippen LogP contribution in [0.15, 0.2) is 18.2 Å². The summed E-state index contributed by atoms with van der Waals surface area (Å²) in [5.74, 6) is 0.327. The van der Waals surface area contributed by atoms with Gasteiger partial charge in [0.2, 0.25) is 11.8 Å². The lowest BCUT2D eigenvalue weighted by Crippen LogP contribution is -2.35. The number of benzene rings is 1. The molecule has 158 valence electrons. The van der Waals surface area contributed by atoms with Gasteiger partial charge in [0.15, 0.2) is 11.5 Å².